The van der Waals surface area contributed by atoms with E-state index < -0.39 is 0 Å². The first-order chi connectivity index (χ1) is 8.69. The van der Waals surface area contributed by atoms with Gasteiger partial charge in [0.1, 0.15) is 0 Å². The summed E-state index contributed by atoms with van der Waals surface area (Å²) < 4.78 is 0.908. The van der Waals surface area contributed by atoms with Crippen LogP contribution >= 0.6 is 27.3 Å². The van der Waals surface area contributed by atoms with E-state index in [0.29, 0.717) is 11.5 Å². The van der Waals surface area contributed by atoms with Gasteiger partial charge in [-0.05, 0) is 18.2 Å². The number of thiazole rings is 1. The van der Waals surface area contributed by atoms with Crippen LogP contribution in [-0.4, -0.2) is 11.5 Å². The van der Waals surface area contributed by atoms with Crippen LogP contribution in [0.25, 0.3) is 0 Å². The van der Waals surface area contributed by atoms with Crippen molar-refractivity contribution in [1.29, 1.82) is 5.26 Å². The molecular formula is C13H12BrN3S. The molecule has 0 bridgehead atoms. The Labute approximate surface area is 119 Å². The molecule has 1 unspecified atom stereocenters. The van der Waals surface area contributed by atoms with Crippen molar-refractivity contribution in [3.8, 4) is 6.07 Å². The number of anilines is 1. The van der Waals surface area contributed by atoms with Gasteiger partial charge in [-0.25, -0.2) is 4.98 Å². The van der Waals surface area contributed by atoms with Crippen molar-refractivity contribution >= 4 is 33.0 Å². The number of hydrogen-bond donors (Lipinski definition) is 1. The summed E-state index contributed by atoms with van der Waals surface area (Å²) in [5.74, 6) is 0.356. The Hall–Kier alpha value is -1.38. The number of aromatic nitrogens is 1. The largest absolute Gasteiger partial charge is 0.384 e. The van der Waals surface area contributed by atoms with Crippen molar-refractivity contribution in [2.24, 2.45) is 0 Å². The molecule has 0 saturated carbocycles. The molecule has 1 atom stereocenters. The Morgan fingerprint density at radius 1 is 1.50 bits per heavy atom. The van der Waals surface area contributed by atoms with E-state index >= 15 is 0 Å². The van der Waals surface area contributed by atoms with Crippen molar-refractivity contribution in [2.45, 2.75) is 12.8 Å². The van der Waals surface area contributed by atoms with Gasteiger partial charge >= 0.3 is 0 Å². The van der Waals surface area contributed by atoms with E-state index in [0.717, 1.165) is 21.7 Å². The minimum atomic E-state index is 0.356. The molecule has 0 fully saturated rings. The molecule has 18 heavy (non-hydrogen) atoms. The van der Waals surface area contributed by atoms with Gasteiger partial charge in [-0.2, -0.15) is 5.26 Å². The van der Waals surface area contributed by atoms with Crippen molar-refractivity contribution in [1.82, 2.24) is 4.98 Å². The predicted octanol–water partition coefficient (Wildman–Crippen LogP) is 3.99. The van der Waals surface area contributed by atoms with Crippen molar-refractivity contribution in [3.63, 3.8) is 0 Å². The predicted molar refractivity (Wildman–Crippen MR) is 77.9 cm³/mol. The quantitative estimate of drug-likeness (QED) is 0.926. The molecule has 1 aromatic heterocycles. The van der Waals surface area contributed by atoms with Crippen LogP contribution in [-0.2, 0) is 0 Å². The fourth-order valence-corrected chi connectivity index (χ4v) is 2.78. The van der Waals surface area contributed by atoms with Gasteiger partial charge in [-0.15, -0.1) is 11.3 Å². The van der Waals surface area contributed by atoms with Crippen LogP contribution in [0.2, 0.25) is 0 Å². The Kier molecular flexibility index (Phi) is 4.34. The molecule has 0 amide bonds. The second-order valence-electron chi connectivity index (χ2n) is 3.99. The van der Waals surface area contributed by atoms with E-state index in [4.69, 9.17) is 5.26 Å². The Bertz CT molecular complexity index is 560. The van der Waals surface area contributed by atoms with Crippen LogP contribution in [0.1, 0.15) is 23.4 Å². The zero-order chi connectivity index (χ0) is 13.0. The maximum absolute atomic E-state index is 8.91. The van der Waals surface area contributed by atoms with Crippen LogP contribution in [0.3, 0.4) is 0 Å². The van der Waals surface area contributed by atoms with E-state index in [2.05, 4.69) is 39.2 Å². The van der Waals surface area contributed by atoms with E-state index in [1.54, 1.807) is 17.4 Å². The third-order valence-corrected chi connectivity index (χ3v) is 3.98. The van der Waals surface area contributed by atoms with Gasteiger partial charge in [0, 0.05) is 34.2 Å². The summed E-state index contributed by atoms with van der Waals surface area (Å²) in [5.41, 5.74) is 1.60. The maximum Gasteiger partial charge on any atom is 0.0992 e. The van der Waals surface area contributed by atoms with Gasteiger partial charge in [0.25, 0.3) is 0 Å². The molecule has 0 spiro atoms. The lowest BCUT2D eigenvalue weighted by atomic mass is 10.1. The van der Waals surface area contributed by atoms with Gasteiger partial charge in [0.2, 0.25) is 0 Å². The van der Waals surface area contributed by atoms with Gasteiger partial charge in [0.15, 0.2) is 0 Å². The van der Waals surface area contributed by atoms with Gasteiger partial charge in [-0.1, -0.05) is 22.9 Å². The highest BCUT2D eigenvalue weighted by Gasteiger charge is 2.08. The lowest BCUT2D eigenvalue weighted by Gasteiger charge is -2.11. The smallest absolute Gasteiger partial charge is 0.0992 e. The first-order valence-electron chi connectivity index (χ1n) is 5.53. The minimum Gasteiger partial charge on any atom is -0.384 e. The third-order valence-electron chi connectivity index (χ3n) is 2.51. The fourth-order valence-electron chi connectivity index (χ4n) is 1.59. The van der Waals surface area contributed by atoms with Crippen LogP contribution < -0.4 is 5.32 Å². The molecule has 0 saturated heterocycles. The average Bonchev–Trinajstić information content (AvgIpc) is 2.89. The van der Waals surface area contributed by atoms with Crippen molar-refractivity contribution < 1.29 is 0 Å². The SMILES string of the molecule is CC(CNc1cc(Br)cc(C#N)c1)c1nccs1. The monoisotopic (exact) mass is 321 g/mol. The number of halogens is 1. The molecule has 2 aromatic rings. The molecule has 1 N–H and O–H groups in total. The highest BCUT2D eigenvalue weighted by atomic mass is 79.9. The molecule has 0 aliphatic carbocycles. The molecule has 5 heteroatoms. The van der Waals surface area contributed by atoms with Crippen LogP contribution in [0.15, 0.2) is 34.2 Å². The van der Waals surface area contributed by atoms with Gasteiger partial charge in [-0.3, -0.25) is 0 Å². The van der Waals surface area contributed by atoms with Crippen LogP contribution in [0.5, 0.6) is 0 Å². The standard InChI is InChI=1S/C13H12BrN3S/c1-9(13-16-2-3-18-13)8-17-12-5-10(7-15)4-11(14)6-12/h2-6,9,17H,8H2,1H3. The summed E-state index contributed by atoms with van der Waals surface area (Å²) in [6.07, 6.45) is 1.82. The van der Waals surface area contributed by atoms with E-state index in [-0.39, 0.29) is 0 Å². The van der Waals surface area contributed by atoms with Gasteiger partial charge < -0.3 is 5.32 Å². The normalized spacial score (nSPS) is 11.8. The molecule has 3 nitrogen and oxygen atoms in total. The molecule has 0 radical (unpaired) electrons. The van der Waals surface area contributed by atoms with E-state index in [1.807, 2.05) is 23.7 Å². The van der Waals surface area contributed by atoms with Crippen molar-refractivity contribution in [3.05, 3.63) is 44.8 Å². The summed E-state index contributed by atoms with van der Waals surface area (Å²) in [4.78, 5) is 4.30. The first kappa shape index (κ1) is 13.1. The third kappa shape index (κ3) is 3.31. The number of rotatable bonds is 4. The zero-order valence-electron chi connectivity index (χ0n) is 9.85. The molecule has 92 valence electrons. The van der Waals surface area contributed by atoms with Gasteiger partial charge in [0.05, 0.1) is 16.6 Å². The van der Waals surface area contributed by atoms with Crippen LogP contribution in [0, 0.1) is 11.3 Å². The Morgan fingerprint density at radius 3 is 3.00 bits per heavy atom. The highest BCUT2D eigenvalue weighted by molar-refractivity contribution is 9.10. The number of hydrogen-bond acceptors (Lipinski definition) is 4. The lowest BCUT2D eigenvalue weighted by Crippen LogP contribution is -2.09. The number of nitrogens with zero attached hydrogens (tertiary/aromatic N) is 2. The second kappa shape index (κ2) is 5.98. The molecular weight excluding hydrogens is 310 g/mol. The lowest BCUT2D eigenvalue weighted by molar-refractivity contribution is 0.795. The number of nitrogens with one attached hydrogen (secondary N) is 1. The average molecular weight is 322 g/mol. The Morgan fingerprint density at radius 2 is 2.33 bits per heavy atom. The molecule has 1 heterocycles. The molecule has 0 aliphatic rings. The summed E-state index contributed by atoms with van der Waals surface area (Å²) in [6.45, 7) is 2.93. The fraction of sp³-hybridized carbons (Fsp3) is 0.231. The topological polar surface area (TPSA) is 48.7 Å². The van der Waals surface area contributed by atoms with E-state index in [1.165, 1.54) is 0 Å². The van der Waals surface area contributed by atoms with Crippen molar-refractivity contribution in [2.75, 3.05) is 11.9 Å². The summed E-state index contributed by atoms with van der Waals surface area (Å²) >= 11 is 5.06. The van der Waals surface area contributed by atoms with Crippen LogP contribution in [0.4, 0.5) is 5.69 Å². The van der Waals surface area contributed by atoms with E-state index in [9.17, 15) is 0 Å². The summed E-state index contributed by atoms with van der Waals surface area (Å²) in [7, 11) is 0. The second-order valence-corrected chi connectivity index (χ2v) is 5.83. The molecule has 2 rings (SSSR count). The highest BCUT2D eigenvalue weighted by Crippen LogP contribution is 2.22. The maximum atomic E-state index is 8.91. The molecule has 0 aliphatic heterocycles. The Balaban J connectivity index is 2.02. The zero-order valence-corrected chi connectivity index (χ0v) is 12.3. The summed E-state index contributed by atoms with van der Waals surface area (Å²) in [6, 6.07) is 7.76. The number of nitriles is 1. The minimum absolute atomic E-state index is 0.356. The molecule has 1 aromatic carbocycles. The first-order valence-corrected chi connectivity index (χ1v) is 7.20. The summed E-state index contributed by atoms with van der Waals surface area (Å²) in [5, 5.41) is 15.3. The number of benzene rings is 1.